The number of nitrogens with zero attached hydrogens (tertiary/aromatic N) is 4. The maximum absolute atomic E-state index is 9.04. The lowest BCUT2D eigenvalue weighted by molar-refractivity contribution is 0.790. The molecule has 2 N–H and O–H groups in total. The van der Waals surface area contributed by atoms with Crippen molar-refractivity contribution in [2.45, 2.75) is 29.7 Å². The number of rotatable bonds is 4. The standard InChI is InChI=1S/C13H13N5S/c14-7-10-3-1-2-4-11(10)8-19-13-17-16-12(18(13)15)9-5-6-9/h1-4,9H,5-6,8,15H2. The minimum Gasteiger partial charge on any atom is -0.336 e. The van der Waals surface area contributed by atoms with E-state index in [9.17, 15) is 0 Å². The van der Waals surface area contributed by atoms with E-state index in [-0.39, 0.29) is 0 Å². The lowest BCUT2D eigenvalue weighted by atomic mass is 10.1. The molecule has 0 aliphatic heterocycles. The van der Waals surface area contributed by atoms with Crippen molar-refractivity contribution in [3.8, 4) is 6.07 Å². The van der Waals surface area contributed by atoms with E-state index in [1.807, 2.05) is 24.3 Å². The molecule has 0 spiro atoms. The minimum atomic E-state index is 0.484. The van der Waals surface area contributed by atoms with Gasteiger partial charge in [-0.25, -0.2) is 4.68 Å². The number of nitrogen functional groups attached to an aromatic ring is 1. The van der Waals surface area contributed by atoms with Crippen LogP contribution < -0.4 is 5.84 Å². The summed E-state index contributed by atoms with van der Waals surface area (Å²) in [5.41, 5.74) is 1.69. The SMILES string of the molecule is N#Cc1ccccc1CSc1nnc(C2CC2)n1N. The molecule has 5 nitrogen and oxygen atoms in total. The largest absolute Gasteiger partial charge is 0.336 e. The van der Waals surface area contributed by atoms with E-state index in [0.717, 1.165) is 24.2 Å². The van der Waals surface area contributed by atoms with E-state index in [1.165, 1.54) is 11.8 Å². The molecule has 2 aromatic rings. The van der Waals surface area contributed by atoms with E-state index in [4.69, 9.17) is 11.1 Å². The first-order valence-electron chi connectivity index (χ1n) is 6.11. The zero-order valence-electron chi connectivity index (χ0n) is 10.3. The molecule has 0 saturated heterocycles. The second kappa shape index (κ2) is 4.94. The highest BCUT2D eigenvalue weighted by Crippen LogP contribution is 2.39. The van der Waals surface area contributed by atoms with Gasteiger partial charge >= 0.3 is 0 Å². The van der Waals surface area contributed by atoms with E-state index >= 15 is 0 Å². The molecule has 0 unspecified atom stereocenters. The van der Waals surface area contributed by atoms with Gasteiger partial charge < -0.3 is 5.84 Å². The topological polar surface area (TPSA) is 80.5 Å². The Balaban J connectivity index is 1.74. The van der Waals surface area contributed by atoms with Gasteiger partial charge in [-0.2, -0.15) is 5.26 Å². The van der Waals surface area contributed by atoms with Crippen molar-refractivity contribution in [3.05, 3.63) is 41.2 Å². The Labute approximate surface area is 115 Å². The molecule has 0 atom stereocenters. The maximum Gasteiger partial charge on any atom is 0.210 e. The predicted molar refractivity (Wildman–Crippen MR) is 72.9 cm³/mol. The average molecular weight is 271 g/mol. The summed E-state index contributed by atoms with van der Waals surface area (Å²) >= 11 is 1.51. The van der Waals surface area contributed by atoms with Crippen LogP contribution in [0.2, 0.25) is 0 Å². The van der Waals surface area contributed by atoms with Gasteiger partial charge in [0.1, 0.15) is 0 Å². The highest BCUT2D eigenvalue weighted by Gasteiger charge is 2.29. The molecule has 19 heavy (non-hydrogen) atoms. The summed E-state index contributed by atoms with van der Waals surface area (Å²) in [7, 11) is 0. The Bertz CT molecular complexity index is 639. The van der Waals surface area contributed by atoms with Gasteiger partial charge in [-0.1, -0.05) is 30.0 Å². The monoisotopic (exact) mass is 271 g/mol. The molecule has 1 aliphatic carbocycles. The lowest BCUT2D eigenvalue weighted by Crippen LogP contribution is -2.13. The Morgan fingerprint density at radius 2 is 2.16 bits per heavy atom. The van der Waals surface area contributed by atoms with Crippen LogP contribution in [0.25, 0.3) is 0 Å². The van der Waals surface area contributed by atoms with Crippen LogP contribution in [0.1, 0.15) is 35.7 Å². The van der Waals surface area contributed by atoms with Crippen LogP contribution in [0, 0.1) is 11.3 Å². The molecule has 1 saturated carbocycles. The van der Waals surface area contributed by atoms with Gasteiger partial charge in [0.05, 0.1) is 11.6 Å². The molecule has 3 rings (SSSR count). The highest BCUT2D eigenvalue weighted by atomic mass is 32.2. The number of hydrogen-bond donors (Lipinski definition) is 1. The van der Waals surface area contributed by atoms with E-state index in [0.29, 0.717) is 22.4 Å². The second-order valence-electron chi connectivity index (χ2n) is 4.54. The van der Waals surface area contributed by atoms with Crippen LogP contribution in [0.3, 0.4) is 0 Å². The van der Waals surface area contributed by atoms with Crippen LogP contribution in [-0.4, -0.2) is 14.9 Å². The lowest BCUT2D eigenvalue weighted by Gasteiger charge is -2.04. The molecule has 96 valence electrons. The summed E-state index contributed by atoms with van der Waals surface area (Å²) < 4.78 is 1.58. The van der Waals surface area contributed by atoms with Crippen molar-refractivity contribution in [3.63, 3.8) is 0 Å². The quantitative estimate of drug-likeness (QED) is 0.679. The molecule has 1 heterocycles. The molecule has 0 radical (unpaired) electrons. The molecule has 1 fully saturated rings. The second-order valence-corrected chi connectivity index (χ2v) is 5.49. The molecule has 1 aromatic carbocycles. The molecular formula is C13H13N5S. The van der Waals surface area contributed by atoms with Crippen LogP contribution in [0.5, 0.6) is 0 Å². The van der Waals surface area contributed by atoms with E-state index < -0.39 is 0 Å². The smallest absolute Gasteiger partial charge is 0.210 e. The normalized spacial score (nSPS) is 14.3. The first-order chi connectivity index (χ1) is 9.29. The van der Waals surface area contributed by atoms with Crippen molar-refractivity contribution < 1.29 is 0 Å². The zero-order valence-corrected chi connectivity index (χ0v) is 11.1. The van der Waals surface area contributed by atoms with Crippen molar-refractivity contribution in [1.82, 2.24) is 14.9 Å². The molecule has 1 aliphatic rings. The van der Waals surface area contributed by atoms with Gasteiger partial charge in [0.15, 0.2) is 5.82 Å². The van der Waals surface area contributed by atoms with E-state index in [2.05, 4.69) is 16.3 Å². The van der Waals surface area contributed by atoms with Gasteiger partial charge in [0, 0.05) is 11.7 Å². The Morgan fingerprint density at radius 1 is 1.37 bits per heavy atom. The van der Waals surface area contributed by atoms with Crippen molar-refractivity contribution in [1.29, 1.82) is 5.26 Å². The summed E-state index contributed by atoms with van der Waals surface area (Å²) in [5, 5.41) is 18.0. The van der Waals surface area contributed by atoms with Gasteiger partial charge in [-0.05, 0) is 24.5 Å². The number of nitriles is 1. The predicted octanol–water partition coefficient (Wildman–Crippen LogP) is 2.03. The van der Waals surface area contributed by atoms with Crippen LogP contribution in [0.15, 0.2) is 29.4 Å². The van der Waals surface area contributed by atoms with Gasteiger partial charge in [0.25, 0.3) is 0 Å². The summed E-state index contributed by atoms with van der Waals surface area (Å²) in [4.78, 5) is 0. The number of aromatic nitrogens is 3. The fourth-order valence-electron chi connectivity index (χ4n) is 1.90. The van der Waals surface area contributed by atoms with Crippen molar-refractivity contribution in [2.75, 3.05) is 5.84 Å². The fourth-order valence-corrected chi connectivity index (χ4v) is 2.77. The maximum atomic E-state index is 9.04. The number of benzene rings is 1. The van der Waals surface area contributed by atoms with Crippen LogP contribution in [-0.2, 0) is 5.75 Å². The molecule has 6 heteroatoms. The number of hydrogen-bond acceptors (Lipinski definition) is 5. The van der Waals surface area contributed by atoms with Crippen molar-refractivity contribution in [2.24, 2.45) is 0 Å². The highest BCUT2D eigenvalue weighted by molar-refractivity contribution is 7.98. The van der Waals surface area contributed by atoms with Crippen LogP contribution in [0.4, 0.5) is 0 Å². The zero-order chi connectivity index (χ0) is 13.2. The Kier molecular flexibility index (Phi) is 3.13. The van der Waals surface area contributed by atoms with Gasteiger partial charge in [-0.15, -0.1) is 10.2 Å². The molecule has 0 amide bonds. The Morgan fingerprint density at radius 3 is 2.89 bits per heavy atom. The number of thioether (sulfide) groups is 1. The van der Waals surface area contributed by atoms with E-state index in [1.54, 1.807) is 4.68 Å². The summed E-state index contributed by atoms with van der Waals surface area (Å²) in [5.74, 6) is 8.01. The third kappa shape index (κ3) is 2.42. The average Bonchev–Trinajstić information content (AvgIpc) is 3.21. The molecule has 0 bridgehead atoms. The van der Waals surface area contributed by atoms with Crippen molar-refractivity contribution >= 4 is 11.8 Å². The summed E-state index contributed by atoms with van der Waals surface area (Å²) in [6.07, 6.45) is 2.30. The molecule has 1 aromatic heterocycles. The number of nitrogens with two attached hydrogens (primary N) is 1. The van der Waals surface area contributed by atoms with Gasteiger partial charge in [-0.3, -0.25) is 0 Å². The fraction of sp³-hybridized carbons (Fsp3) is 0.308. The summed E-state index contributed by atoms with van der Waals surface area (Å²) in [6.45, 7) is 0. The molecular weight excluding hydrogens is 258 g/mol. The Hall–Kier alpha value is -2.00. The van der Waals surface area contributed by atoms with Crippen LogP contribution >= 0.6 is 11.8 Å². The van der Waals surface area contributed by atoms with Gasteiger partial charge in [0.2, 0.25) is 5.16 Å². The first-order valence-corrected chi connectivity index (χ1v) is 7.09. The minimum absolute atomic E-state index is 0.484. The third-order valence-corrected chi connectivity index (χ3v) is 4.12. The summed E-state index contributed by atoms with van der Waals surface area (Å²) in [6, 6.07) is 9.75. The first kappa shape index (κ1) is 12.1. The third-order valence-electron chi connectivity index (χ3n) is 3.13.